The summed E-state index contributed by atoms with van der Waals surface area (Å²) in [5, 5.41) is 6.82. The Hall–Kier alpha value is -1.83. The van der Waals surface area contributed by atoms with Crippen LogP contribution in [0.25, 0.3) is 0 Å². The fraction of sp³-hybridized carbons (Fsp3) is 0.842. The average molecular weight is 381 g/mol. The summed E-state index contributed by atoms with van der Waals surface area (Å²) < 4.78 is 0. The van der Waals surface area contributed by atoms with Crippen molar-refractivity contribution >= 4 is 17.8 Å². The maximum absolute atomic E-state index is 12.7. The van der Waals surface area contributed by atoms with Crippen LogP contribution in [0.3, 0.4) is 0 Å². The zero-order chi connectivity index (χ0) is 19.9. The van der Waals surface area contributed by atoms with Gasteiger partial charge in [-0.2, -0.15) is 0 Å². The lowest BCUT2D eigenvalue weighted by Gasteiger charge is -2.33. The van der Waals surface area contributed by atoms with E-state index < -0.39 is 0 Å². The summed E-state index contributed by atoms with van der Waals surface area (Å²) in [4.78, 5) is 32.4. The van der Waals surface area contributed by atoms with E-state index in [2.05, 4.69) is 15.5 Å². The lowest BCUT2D eigenvalue weighted by Crippen LogP contribution is -2.50. The van der Waals surface area contributed by atoms with Crippen molar-refractivity contribution in [3.63, 3.8) is 0 Å². The van der Waals surface area contributed by atoms with Crippen LogP contribution in [0.15, 0.2) is 4.99 Å². The third kappa shape index (κ3) is 6.09. The fourth-order valence-electron chi connectivity index (χ4n) is 4.17. The number of aliphatic imine (C=N–C) groups is 1. The van der Waals surface area contributed by atoms with Crippen LogP contribution in [0.1, 0.15) is 45.4 Å². The van der Waals surface area contributed by atoms with E-state index in [1.54, 1.807) is 4.90 Å². The predicted octanol–water partition coefficient (Wildman–Crippen LogP) is 0.140. The molecule has 0 unspecified atom stereocenters. The molecular formula is C19H36N6O2. The van der Waals surface area contributed by atoms with E-state index in [4.69, 9.17) is 10.7 Å². The third-order valence-electron chi connectivity index (χ3n) is 5.61. The number of hydrogen-bond donors (Lipinski definition) is 3. The first kappa shape index (κ1) is 21.5. The van der Waals surface area contributed by atoms with Crippen LogP contribution in [-0.2, 0) is 9.59 Å². The summed E-state index contributed by atoms with van der Waals surface area (Å²) in [6, 6.07) is 0.316. The molecule has 0 atom stereocenters. The number of carbonyl (C=O) groups excluding carboxylic acids is 2. The first-order valence-corrected chi connectivity index (χ1v) is 10.1. The summed E-state index contributed by atoms with van der Waals surface area (Å²) in [6.45, 7) is 5.38. The van der Waals surface area contributed by atoms with Gasteiger partial charge in [0.1, 0.15) is 0 Å². The quantitative estimate of drug-likeness (QED) is 0.431. The maximum Gasteiger partial charge on any atom is 0.231 e. The highest BCUT2D eigenvalue weighted by Gasteiger charge is 2.42. The van der Waals surface area contributed by atoms with Gasteiger partial charge in [-0.25, -0.2) is 0 Å². The zero-order valence-corrected chi connectivity index (χ0v) is 17.1. The van der Waals surface area contributed by atoms with Gasteiger partial charge in [0.05, 0.1) is 18.5 Å². The lowest BCUT2D eigenvalue weighted by molar-refractivity contribution is -0.138. The molecule has 0 radical (unpaired) electrons. The van der Waals surface area contributed by atoms with Gasteiger partial charge in [0.15, 0.2) is 5.96 Å². The number of nitrogens with one attached hydrogen (secondary N) is 2. The molecule has 2 rings (SSSR count). The molecule has 1 aliphatic carbocycles. The van der Waals surface area contributed by atoms with Gasteiger partial charge in [-0.3, -0.25) is 19.5 Å². The molecule has 154 valence electrons. The minimum Gasteiger partial charge on any atom is -0.369 e. The number of nitrogens with zero attached hydrogens (tertiary/aromatic N) is 3. The zero-order valence-electron chi connectivity index (χ0n) is 17.1. The van der Waals surface area contributed by atoms with Gasteiger partial charge in [0, 0.05) is 39.8 Å². The molecule has 0 spiro atoms. The smallest absolute Gasteiger partial charge is 0.231 e. The number of amides is 2. The Balaban J connectivity index is 1.96. The van der Waals surface area contributed by atoms with Crippen LogP contribution < -0.4 is 16.4 Å². The fourth-order valence-corrected chi connectivity index (χ4v) is 4.17. The van der Waals surface area contributed by atoms with E-state index in [-0.39, 0.29) is 17.2 Å². The molecule has 2 aliphatic rings. The van der Waals surface area contributed by atoms with E-state index in [0.717, 1.165) is 64.1 Å². The minimum absolute atomic E-state index is 0.194. The van der Waals surface area contributed by atoms with Crippen LogP contribution in [0.2, 0.25) is 0 Å². The molecule has 0 aromatic heterocycles. The van der Waals surface area contributed by atoms with Crippen LogP contribution in [0.5, 0.6) is 0 Å². The molecule has 0 aromatic rings. The molecule has 27 heavy (non-hydrogen) atoms. The van der Waals surface area contributed by atoms with Crippen molar-refractivity contribution in [3.05, 3.63) is 0 Å². The first-order chi connectivity index (χ1) is 12.9. The summed E-state index contributed by atoms with van der Waals surface area (Å²) in [5.74, 6) is 0.701. The van der Waals surface area contributed by atoms with Crippen molar-refractivity contribution in [3.8, 4) is 0 Å². The number of nitrogens with two attached hydrogens (primary N) is 1. The van der Waals surface area contributed by atoms with Gasteiger partial charge in [-0.15, -0.1) is 0 Å². The molecule has 2 amide bonds. The van der Waals surface area contributed by atoms with Gasteiger partial charge in [-0.1, -0.05) is 12.8 Å². The SMILES string of the molecule is CCNC(=NCC1(C(=O)N(C)C)CCCC1)NC1CCN(CC(N)=O)CC1. The van der Waals surface area contributed by atoms with Crippen molar-refractivity contribution in [2.75, 3.05) is 46.8 Å². The second-order valence-corrected chi connectivity index (χ2v) is 8.04. The number of guanidine groups is 1. The molecular weight excluding hydrogens is 344 g/mol. The molecule has 1 saturated carbocycles. The second kappa shape index (κ2) is 9.92. The normalized spacial score (nSPS) is 21.1. The van der Waals surface area contributed by atoms with Crippen LogP contribution in [0.4, 0.5) is 0 Å². The van der Waals surface area contributed by atoms with Crippen LogP contribution in [-0.4, -0.2) is 80.4 Å². The summed E-state index contributed by atoms with van der Waals surface area (Å²) in [6.07, 6.45) is 5.91. The number of hydrogen-bond acceptors (Lipinski definition) is 4. The van der Waals surface area contributed by atoms with Crippen molar-refractivity contribution in [1.29, 1.82) is 0 Å². The van der Waals surface area contributed by atoms with E-state index in [9.17, 15) is 9.59 Å². The Morgan fingerprint density at radius 1 is 1.22 bits per heavy atom. The molecule has 0 aromatic carbocycles. The van der Waals surface area contributed by atoms with E-state index in [1.807, 2.05) is 21.0 Å². The molecule has 4 N–H and O–H groups in total. The van der Waals surface area contributed by atoms with E-state index >= 15 is 0 Å². The standard InChI is InChI=1S/C19H36N6O2/c1-4-21-18(23-15-7-11-25(12-8-15)13-16(20)26)22-14-19(9-5-6-10-19)17(27)24(2)3/h15H,4-14H2,1-3H3,(H2,20,26)(H2,21,22,23). The predicted molar refractivity (Wildman–Crippen MR) is 107 cm³/mol. The minimum atomic E-state index is -0.350. The monoisotopic (exact) mass is 380 g/mol. The van der Waals surface area contributed by atoms with Crippen molar-refractivity contribution in [2.45, 2.75) is 51.5 Å². The van der Waals surface area contributed by atoms with E-state index in [0.29, 0.717) is 19.1 Å². The van der Waals surface area contributed by atoms with Crippen LogP contribution >= 0.6 is 0 Å². The van der Waals surface area contributed by atoms with Crippen molar-refractivity contribution < 1.29 is 9.59 Å². The highest BCUT2D eigenvalue weighted by molar-refractivity contribution is 5.84. The van der Waals surface area contributed by atoms with E-state index in [1.165, 1.54) is 0 Å². The van der Waals surface area contributed by atoms with Crippen molar-refractivity contribution in [1.82, 2.24) is 20.4 Å². The van der Waals surface area contributed by atoms with Gasteiger partial charge < -0.3 is 21.3 Å². The Labute approximate surface area is 162 Å². The van der Waals surface area contributed by atoms with Gasteiger partial charge >= 0.3 is 0 Å². The topological polar surface area (TPSA) is 103 Å². The summed E-state index contributed by atoms with van der Waals surface area (Å²) >= 11 is 0. The molecule has 2 fully saturated rings. The highest BCUT2D eigenvalue weighted by Crippen LogP contribution is 2.39. The lowest BCUT2D eigenvalue weighted by atomic mass is 9.85. The molecule has 8 heteroatoms. The number of piperidine rings is 1. The third-order valence-corrected chi connectivity index (χ3v) is 5.61. The molecule has 8 nitrogen and oxygen atoms in total. The highest BCUT2D eigenvalue weighted by atomic mass is 16.2. The summed E-state index contributed by atoms with van der Waals surface area (Å²) in [5.41, 5.74) is 4.93. The average Bonchev–Trinajstić information content (AvgIpc) is 3.10. The Bertz CT molecular complexity index is 534. The van der Waals surface area contributed by atoms with Crippen molar-refractivity contribution in [2.24, 2.45) is 16.1 Å². The molecule has 1 saturated heterocycles. The van der Waals surface area contributed by atoms with Crippen LogP contribution in [0, 0.1) is 5.41 Å². The number of carbonyl (C=O) groups is 2. The number of likely N-dealkylation sites (tertiary alicyclic amines) is 1. The Kier molecular flexibility index (Phi) is 7.89. The second-order valence-electron chi connectivity index (χ2n) is 8.04. The number of primary amides is 1. The molecule has 1 heterocycles. The van der Waals surface area contributed by atoms with Gasteiger partial charge in [0.2, 0.25) is 11.8 Å². The Morgan fingerprint density at radius 3 is 2.37 bits per heavy atom. The maximum atomic E-state index is 12.7. The van der Waals surface area contributed by atoms with Gasteiger partial charge in [0.25, 0.3) is 0 Å². The molecule has 1 aliphatic heterocycles. The summed E-state index contributed by atoms with van der Waals surface area (Å²) in [7, 11) is 3.66. The Morgan fingerprint density at radius 2 is 1.85 bits per heavy atom. The first-order valence-electron chi connectivity index (χ1n) is 10.1. The molecule has 0 bridgehead atoms. The van der Waals surface area contributed by atoms with Gasteiger partial charge in [-0.05, 0) is 32.6 Å². The number of rotatable bonds is 7. The largest absolute Gasteiger partial charge is 0.369 e.